The van der Waals surface area contributed by atoms with Gasteiger partial charge in [0.1, 0.15) is 17.5 Å². The highest BCUT2D eigenvalue weighted by Gasteiger charge is 2.36. The Morgan fingerprint density at radius 2 is 2.00 bits per heavy atom. The van der Waals surface area contributed by atoms with Crippen LogP contribution >= 0.6 is 23.4 Å². The van der Waals surface area contributed by atoms with Crippen molar-refractivity contribution in [1.29, 1.82) is 5.41 Å². The molecule has 170 valence electrons. The fourth-order valence-electron chi connectivity index (χ4n) is 3.11. The average Bonchev–Trinajstić information content (AvgIpc) is 3.21. The number of nitrogens with zero attached hydrogens (tertiary/aromatic N) is 3. The number of amidine groups is 2. The van der Waals surface area contributed by atoms with E-state index in [-0.39, 0.29) is 34.8 Å². The molecule has 0 unspecified atom stereocenters. The summed E-state index contributed by atoms with van der Waals surface area (Å²) in [6, 6.07) is 9.20. The second-order valence-corrected chi connectivity index (χ2v) is 8.96. The first-order chi connectivity index (χ1) is 15.8. The molecule has 0 radical (unpaired) electrons. The molecule has 0 aliphatic carbocycles. The Hall–Kier alpha value is -3.17. The van der Waals surface area contributed by atoms with Gasteiger partial charge in [-0.3, -0.25) is 10.2 Å². The maximum Gasteiger partial charge on any atom is 0.283 e. The maximum absolute atomic E-state index is 13.1. The highest BCUT2D eigenvalue weighted by atomic mass is 35.5. The lowest BCUT2D eigenvalue weighted by molar-refractivity contribution is -0.114. The number of halogens is 2. The second kappa shape index (κ2) is 9.36. The van der Waals surface area contributed by atoms with Crippen molar-refractivity contribution in [3.8, 4) is 11.5 Å². The molecular weight excluding hydrogens is 467 g/mol. The van der Waals surface area contributed by atoms with Gasteiger partial charge in [0.15, 0.2) is 17.3 Å². The molecule has 2 aromatic rings. The molecule has 0 saturated carbocycles. The number of carbonyl (C=O) groups is 1. The topological polar surface area (TPSA) is 87.3 Å². The maximum atomic E-state index is 13.1. The Kier molecular flexibility index (Phi) is 6.53. The van der Waals surface area contributed by atoms with Crippen molar-refractivity contribution in [3.05, 3.63) is 63.9 Å². The molecule has 0 saturated heterocycles. The largest absolute Gasteiger partial charge is 0.493 e. The van der Waals surface area contributed by atoms with E-state index in [0.29, 0.717) is 22.2 Å². The number of amides is 1. The summed E-state index contributed by atoms with van der Waals surface area (Å²) in [4.78, 5) is 16.7. The SMILES string of the molecule is COc1cc(/C=C2\C(=N)N3N=C(C(C)C)SC3=NC2=O)cc(Cl)c1OCc1ccc(F)cc1. The lowest BCUT2D eigenvalue weighted by atomic mass is 10.1. The third-order valence-electron chi connectivity index (χ3n) is 4.82. The van der Waals surface area contributed by atoms with Crippen molar-refractivity contribution in [2.75, 3.05) is 7.11 Å². The molecule has 2 aliphatic rings. The highest BCUT2D eigenvalue weighted by Crippen LogP contribution is 2.38. The second-order valence-electron chi connectivity index (χ2n) is 7.56. The first-order valence-electron chi connectivity index (χ1n) is 10.0. The molecule has 2 aliphatic heterocycles. The van der Waals surface area contributed by atoms with Crippen LogP contribution < -0.4 is 9.47 Å². The Balaban J connectivity index is 1.60. The lowest BCUT2D eigenvalue weighted by Crippen LogP contribution is -2.35. The summed E-state index contributed by atoms with van der Waals surface area (Å²) in [5, 5.41) is 15.7. The predicted molar refractivity (Wildman–Crippen MR) is 129 cm³/mol. The van der Waals surface area contributed by atoms with Crippen molar-refractivity contribution >= 4 is 51.4 Å². The van der Waals surface area contributed by atoms with E-state index >= 15 is 0 Å². The van der Waals surface area contributed by atoms with E-state index in [0.717, 1.165) is 10.6 Å². The summed E-state index contributed by atoms with van der Waals surface area (Å²) in [6.45, 7) is 4.14. The number of ether oxygens (including phenoxy) is 2. The van der Waals surface area contributed by atoms with E-state index < -0.39 is 5.91 Å². The minimum absolute atomic E-state index is 0.0557. The van der Waals surface area contributed by atoms with E-state index in [1.807, 2.05) is 13.8 Å². The molecule has 1 amide bonds. The molecule has 0 fully saturated rings. The quantitative estimate of drug-likeness (QED) is 0.557. The van der Waals surface area contributed by atoms with Gasteiger partial charge in [-0.1, -0.05) is 37.6 Å². The molecule has 4 rings (SSSR count). The number of hydrazone groups is 1. The Morgan fingerprint density at radius 1 is 1.27 bits per heavy atom. The van der Waals surface area contributed by atoms with E-state index in [9.17, 15) is 9.18 Å². The number of benzene rings is 2. The number of methoxy groups -OCH3 is 1. The molecule has 7 nitrogen and oxygen atoms in total. The first-order valence-corrected chi connectivity index (χ1v) is 11.2. The van der Waals surface area contributed by atoms with E-state index in [1.165, 1.54) is 42.1 Å². The van der Waals surface area contributed by atoms with Gasteiger partial charge in [-0.15, -0.1) is 0 Å². The monoisotopic (exact) mass is 486 g/mol. The summed E-state index contributed by atoms with van der Waals surface area (Å²) in [5.74, 6) is -0.0789. The summed E-state index contributed by atoms with van der Waals surface area (Å²) in [7, 11) is 1.47. The normalized spacial score (nSPS) is 16.8. The highest BCUT2D eigenvalue weighted by molar-refractivity contribution is 8.27. The van der Waals surface area contributed by atoms with E-state index in [4.69, 9.17) is 26.5 Å². The van der Waals surface area contributed by atoms with Gasteiger partial charge in [-0.2, -0.15) is 15.1 Å². The number of hydrogen-bond donors (Lipinski definition) is 1. The Morgan fingerprint density at radius 3 is 2.67 bits per heavy atom. The number of carbonyl (C=O) groups excluding carboxylic acids is 1. The van der Waals surface area contributed by atoms with Crippen LogP contribution in [0.1, 0.15) is 25.0 Å². The van der Waals surface area contributed by atoms with Gasteiger partial charge in [0.05, 0.1) is 17.7 Å². The van der Waals surface area contributed by atoms with Gasteiger partial charge in [0.2, 0.25) is 5.17 Å². The molecule has 0 atom stereocenters. The molecule has 0 aromatic heterocycles. The van der Waals surface area contributed by atoms with E-state index in [2.05, 4.69) is 10.1 Å². The number of aliphatic imine (C=N–C) groups is 1. The van der Waals surface area contributed by atoms with Gasteiger partial charge < -0.3 is 9.47 Å². The number of nitrogens with one attached hydrogen (secondary N) is 1. The van der Waals surface area contributed by atoms with Crippen LogP contribution in [0.25, 0.3) is 6.08 Å². The number of fused-ring (bicyclic) bond motifs is 1. The summed E-state index contributed by atoms with van der Waals surface area (Å²) in [6.07, 6.45) is 1.52. The lowest BCUT2D eigenvalue weighted by Gasteiger charge is -2.20. The third-order valence-corrected chi connectivity index (χ3v) is 6.31. The van der Waals surface area contributed by atoms with Gasteiger partial charge in [0, 0.05) is 5.92 Å². The minimum Gasteiger partial charge on any atom is -0.493 e. The molecule has 1 N–H and O–H groups in total. The van der Waals surface area contributed by atoms with Crippen LogP contribution in [0.5, 0.6) is 11.5 Å². The van der Waals surface area contributed by atoms with Crippen molar-refractivity contribution in [2.24, 2.45) is 16.0 Å². The fourth-order valence-corrected chi connectivity index (χ4v) is 4.27. The standard InChI is InChI=1S/C23H20ClFN4O3S/c1-12(2)22-28-29-20(26)16(21(30)27-23(29)33-22)8-14-9-17(24)19(18(10-14)31-3)32-11-13-4-6-15(25)7-5-13/h4-10,12,26H,11H2,1-3H3/b16-8+,26-20?. The molecule has 2 heterocycles. The van der Waals surface area contributed by atoms with Gasteiger partial charge in [0.25, 0.3) is 5.91 Å². The van der Waals surface area contributed by atoms with Gasteiger partial charge >= 0.3 is 0 Å². The number of hydrogen-bond acceptors (Lipinski definition) is 6. The van der Waals surface area contributed by atoms with Crippen LogP contribution in [0.4, 0.5) is 4.39 Å². The molecule has 0 spiro atoms. The van der Waals surface area contributed by atoms with Crippen molar-refractivity contribution in [2.45, 2.75) is 20.5 Å². The number of rotatable bonds is 6. The average molecular weight is 487 g/mol. The molecule has 33 heavy (non-hydrogen) atoms. The van der Waals surface area contributed by atoms with Crippen molar-refractivity contribution in [3.63, 3.8) is 0 Å². The zero-order chi connectivity index (χ0) is 23.7. The summed E-state index contributed by atoms with van der Waals surface area (Å²) >= 11 is 7.73. The van der Waals surface area contributed by atoms with Gasteiger partial charge in [-0.25, -0.2) is 4.39 Å². The molecule has 2 aromatic carbocycles. The summed E-state index contributed by atoms with van der Waals surface area (Å²) < 4.78 is 24.3. The zero-order valence-corrected chi connectivity index (χ0v) is 19.6. The van der Waals surface area contributed by atoms with Crippen LogP contribution in [-0.4, -0.2) is 34.1 Å². The smallest absolute Gasteiger partial charge is 0.283 e. The molecule has 10 heteroatoms. The van der Waals surface area contributed by atoms with Crippen molar-refractivity contribution in [1.82, 2.24) is 5.01 Å². The van der Waals surface area contributed by atoms with Crippen LogP contribution in [0.2, 0.25) is 5.02 Å². The van der Waals surface area contributed by atoms with E-state index in [1.54, 1.807) is 24.3 Å². The summed E-state index contributed by atoms with van der Waals surface area (Å²) in [5.41, 5.74) is 1.39. The van der Waals surface area contributed by atoms with Crippen LogP contribution in [0, 0.1) is 17.1 Å². The Bertz CT molecular complexity index is 1220. The van der Waals surface area contributed by atoms with Crippen LogP contribution in [0.15, 0.2) is 52.1 Å². The zero-order valence-electron chi connectivity index (χ0n) is 18.1. The van der Waals surface area contributed by atoms with Crippen molar-refractivity contribution < 1.29 is 18.7 Å². The van der Waals surface area contributed by atoms with Crippen LogP contribution in [0.3, 0.4) is 0 Å². The fraction of sp³-hybridized carbons (Fsp3) is 0.217. The minimum atomic E-state index is -0.523. The Labute approximate surface area is 199 Å². The van der Waals surface area contributed by atoms with Crippen LogP contribution in [-0.2, 0) is 11.4 Å². The third kappa shape index (κ3) is 4.79. The first kappa shape index (κ1) is 23.0. The number of thioether (sulfide) groups is 1. The molecule has 0 bridgehead atoms. The van der Waals surface area contributed by atoms with Gasteiger partial charge in [-0.05, 0) is 53.2 Å². The predicted octanol–water partition coefficient (Wildman–Crippen LogP) is 5.34. The molecular formula is C23H20ClFN4O3S.